The van der Waals surface area contributed by atoms with Gasteiger partial charge in [0.15, 0.2) is 0 Å². The van der Waals surface area contributed by atoms with Crippen LogP contribution in [0.5, 0.6) is 11.6 Å². The summed E-state index contributed by atoms with van der Waals surface area (Å²) in [5.41, 5.74) is 0.923. The third-order valence-electron chi connectivity index (χ3n) is 6.15. The molecule has 2 aromatic carbocycles. The van der Waals surface area contributed by atoms with Gasteiger partial charge in [-0.3, -0.25) is 0 Å². The Labute approximate surface area is 205 Å². The monoisotopic (exact) mass is 495 g/mol. The Balaban J connectivity index is 1.28. The number of aliphatic hydroxyl groups is 1. The second-order valence-corrected chi connectivity index (χ2v) is 8.80. The summed E-state index contributed by atoms with van der Waals surface area (Å²) < 4.78 is 46.7. The Bertz CT molecular complexity index is 1410. The molecule has 0 amide bonds. The Morgan fingerprint density at radius 2 is 1.94 bits per heavy atom. The van der Waals surface area contributed by atoms with Crippen molar-refractivity contribution < 1.29 is 23.0 Å². The fraction of sp³-hybridized carbons (Fsp3) is 0.231. The number of ether oxygens (including phenoxy) is 1. The van der Waals surface area contributed by atoms with Gasteiger partial charge >= 0.3 is 6.18 Å². The Hall–Kier alpha value is -3.89. The van der Waals surface area contributed by atoms with Gasteiger partial charge in [0.25, 0.3) is 0 Å². The van der Waals surface area contributed by atoms with Crippen LogP contribution in [0, 0.1) is 0 Å². The van der Waals surface area contributed by atoms with Gasteiger partial charge in [-0.1, -0.05) is 12.6 Å². The molecule has 1 aliphatic rings. The third kappa shape index (κ3) is 5.19. The van der Waals surface area contributed by atoms with Gasteiger partial charge in [-0.15, -0.1) is 0 Å². The van der Waals surface area contributed by atoms with E-state index in [-0.39, 0.29) is 17.8 Å². The molecule has 0 spiro atoms. The summed E-state index contributed by atoms with van der Waals surface area (Å²) in [6, 6.07) is 14.0. The van der Waals surface area contributed by atoms with E-state index in [1.54, 1.807) is 29.0 Å². The number of hydrogen-bond donors (Lipinski definition) is 3. The van der Waals surface area contributed by atoms with Crippen molar-refractivity contribution in [2.45, 2.75) is 31.1 Å². The van der Waals surface area contributed by atoms with Crippen LogP contribution in [0.2, 0.25) is 0 Å². The maximum absolute atomic E-state index is 13.0. The maximum atomic E-state index is 13.0. The topological polar surface area (TPSA) is 84.2 Å². The molecule has 1 fully saturated rings. The zero-order valence-electron chi connectivity index (χ0n) is 19.2. The predicted molar refractivity (Wildman–Crippen MR) is 130 cm³/mol. The minimum atomic E-state index is -4.42. The second kappa shape index (κ2) is 9.29. The first-order chi connectivity index (χ1) is 17.2. The SMILES string of the molecule is C=C(Nc1cccc(C(F)(F)F)c1)n1ccc2cc(Oc3cc(CNC4(CO)CC4)ncn3)ccc21. The standard InChI is InChI=1S/C26H24F3N5O2/c1-17(33-20-4-2-3-19(12-20)26(27,28)29)34-10-7-18-11-22(5-6-23(18)34)36-24-13-21(30-16-31-24)14-32-25(15-35)8-9-25/h2-7,10-13,16,32-33,35H,1,8-9,14-15H2. The molecule has 10 heteroatoms. The molecule has 1 saturated carbocycles. The number of aliphatic hydroxyl groups excluding tert-OH is 1. The first-order valence-corrected chi connectivity index (χ1v) is 11.3. The molecule has 0 aliphatic heterocycles. The molecule has 5 rings (SSSR count). The molecular weight excluding hydrogens is 471 g/mol. The number of nitrogens with one attached hydrogen (secondary N) is 2. The van der Waals surface area contributed by atoms with Gasteiger partial charge in [0.05, 0.1) is 23.4 Å². The molecule has 4 aromatic rings. The summed E-state index contributed by atoms with van der Waals surface area (Å²) >= 11 is 0. The first-order valence-electron chi connectivity index (χ1n) is 11.3. The van der Waals surface area contributed by atoms with Crippen molar-refractivity contribution in [1.29, 1.82) is 0 Å². The van der Waals surface area contributed by atoms with Crippen molar-refractivity contribution in [2.24, 2.45) is 0 Å². The highest BCUT2D eigenvalue weighted by molar-refractivity contribution is 5.86. The van der Waals surface area contributed by atoms with E-state index >= 15 is 0 Å². The van der Waals surface area contributed by atoms with E-state index in [0.29, 0.717) is 24.0 Å². The van der Waals surface area contributed by atoms with Crippen molar-refractivity contribution in [3.63, 3.8) is 0 Å². The summed E-state index contributed by atoms with van der Waals surface area (Å²) in [7, 11) is 0. The summed E-state index contributed by atoms with van der Waals surface area (Å²) in [6.07, 6.45) is 0.679. The highest BCUT2D eigenvalue weighted by Gasteiger charge is 2.41. The first kappa shape index (κ1) is 23.8. The molecule has 7 nitrogen and oxygen atoms in total. The molecule has 0 atom stereocenters. The lowest BCUT2D eigenvalue weighted by molar-refractivity contribution is -0.137. The number of aromatic nitrogens is 3. The number of halogens is 3. The molecule has 2 heterocycles. The maximum Gasteiger partial charge on any atom is 0.416 e. The lowest BCUT2D eigenvalue weighted by Gasteiger charge is -2.14. The zero-order valence-corrected chi connectivity index (χ0v) is 19.2. The normalized spacial score (nSPS) is 14.6. The van der Waals surface area contributed by atoms with Crippen molar-refractivity contribution in [3.05, 3.63) is 85.0 Å². The Morgan fingerprint density at radius 3 is 2.69 bits per heavy atom. The van der Waals surface area contributed by atoms with Crippen molar-refractivity contribution in [2.75, 3.05) is 11.9 Å². The predicted octanol–water partition coefficient (Wildman–Crippen LogP) is 5.40. The van der Waals surface area contributed by atoms with Gasteiger partial charge in [-0.25, -0.2) is 9.97 Å². The highest BCUT2D eigenvalue weighted by atomic mass is 19.4. The minimum Gasteiger partial charge on any atom is -0.439 e. The van der Waals surface area contributed by atoms with Gasteiger partial charge in [0.2, 0.25) is 5.88 Å². The van der Waals surface area contributed by atoms with Gasteiger partial charge in [-0.05, 0) is 55.3 Å². The minimum absolute atomic E-state index is 0.100. The van der Waals surface area contributed by atoms with Crippen LogP contribution < -0.4 is 15.4 Å². The van der Waals surface area contributed by atoms with E-state index < -0.39 is 11.7 Å². The zero-order chi connectivity index (χ0) is 25.3. The fourth-order valence-electron chi connectivity index (χ4n) is 3.89. The molecule has 3 N–H and O–H groups in total. The molecule has 36 heavy (non-hydrogen) atoms. The lowest BCUT2D eigenvalue weighted by Crippen LogP contribution is -2.34. The van der Waals surface area contributed by atoms with Crippen LogP contribution >= 0.6 is 0 Å². The number of anilines is 1. The molecule has 0 saturated heterocycles. The molecule has 0 bridgehead atoms. The quantitative estimate of drug-likeness (QED) is 0.289. The number of hydrogen-bond acceptors (Lipinski definition) is 6. The largest absolute Gasteiger partial charge is 0.439 e. The second-order valence-electron chi connectivity index (χ2n) is 8.80. The number of alkyl halides is 3. The van der Waals surface area contributed by atoms with Gasteiger partial charge in [-0.2, -0.15) is 13.2 Å². The van der Waals surface area contributed by atoms with E-state index in [1.807, 2.05) is 18.2 Å². The van der Waals surface area contributed by atoms with Crippen LogP contribution in [0.3, 0.4) is 0 Å². The van der Waals surface area contributed by atoms with Crippen molar-refractivity contribution in [1.82, 2.24) is 19.9 Å². The highest BCUT2D eigenvalue weighted by Crippen LogP contribution is 2.35. The van der Waals surface area contributed by atoms with Crippen LogP contribution in [0.25, 0.3) is 16.7 Å². The Morgan fingerprint density at radius 1 is 1.11 bits per heavy atom. The molecule has 1 aliphatic carbocycles. The van der Waals surface area contributed by atoms with Crippen LogP contribution in [0.15, 0.2) is 73.7 Å². The summed E-state index contributed by atoms with van der Waals surface area (Å²) in [5.74, 6) is 1.37. The summed E-state index contributed by atoms with van der Waals surface area (Å²) in [6.45, 7) is 4.58. The van der Waals surface area contributed by atoms with Crippen molar-refractivity contribution >= 4 is 22.4 Å². The smallest absolute Gasteiger partial charge is 0.416 e. The van der Waals surface area contributed by atoms with Gasteiger partial charge in [0, 0.05) is 35.4 Å². The number of benzene rings is 2. The summed E-state index contributed by atoms with van der Waals surface area (Å²) in [4.78, 5) is 8.43. The fourth-order valence-corrected chi connectivity index (χ4v) is 3.89. The van der Waals surface area contributed by atoms with Crippen LogP contribution in [-0.2, 0) is 12.7 Å². The molecular formula is C26H24F3N5O2. The van der Waals surface area contributed by atoms with Gasteiger partial charge in [0.1, 0.15) is 17.9 Å². The average molecular weight is 496 g/mol. The lowest BCUT2D eigenvalue weighted by atomic mass is 10.2. The van der Waals surface area contributed by atoms with E-state index in [4.69, 9.17) is 4.74 Å². The van der Waals surface area contributed by atoms with Crippen molar-refractivity contribution in [3.8, 4) is 11.6 Å². The molecule has 186 valence electrons. The van der Waals surface area contributed by atoms with E-state index in [0.717, 1.165) is 41.6 Å². The number of rotatable bonds is 9. The van der Waals surface area contributed by atoms with E-state index in [9.17, 15) is 18.3 Å². The number of fused-ring (bicyclic) bond motifs is 1. The van der Waals surface area contributed by atoms with Gasteiger partial charge < -0.3 is 25.0 Å². The van der Waals surface area contributed by atoms with Crippen LogP contribution in [-0.4, -0.2) is 31.8 Å². The van der Waals surface area contributed by atoms with Crippen LogP contribution in [0.1, 0.15) is 24.1 Å². The Kier molecular flexibility index (Phi) is 6.15. The summed E-state index contributed by atoms with van der Waals surface area (Å²) in [5, 5.41) is 16.6. The number of nitrogens with zero attached hydrogens (tertiary/aromatic N) is 3. The average Bonchev–Trinajstić information content (AvgIpc) is 3.52. The third-order valence-corrected chi connectivity index (χ3v) is 6.15. The molecule has 0 unspecified atom stereocenters. The van der Waals surface area contributed by atoms with E-state index in [2.05, 4.69) is 27.2 Å². The van der Waals surface area contributed by atoms with Crippen LogP contribution in [0.4, 0.5) is 18.9 Å². The van der Waals surface area contributed by atoms with E-state index in [1.165, 1.54) is 12.4 Å². The molecule has 2 aromatic heterocycles. The molecule has 0 radical (unpaired) electrons.